The van der Waals surface area contributed by atoms with Crippen LogP contribution in [-0.2, 0) is 23.2 Å². The molecule has 0 atom stereocenters. The summed E-state index contributed by atoms with van der Waals surface area (Å²) >= 11 is 0. The summed E-state index contributed by atoms with van der Waals surface area (Å²) in [7, 11) is -2.16. The van der Waals surface area contributed by atoms with E-state index in [-0.39, 0.29) is 51.0 Å². The van der Waals surface area contributed by atoms with Crippen molar-refractivity contribution in [3.8, 4) is 0 Å². The van der Waals surface area contributed by atoms with E-state index in [0.717, 1.165) is 6.16 Å². The van der Waals surface area contributed by atoms with E-state index in [9.17, 15) is 0 Å². The Morgan fingerprint density at radius 3 is 1.00 bits per heavy atom. The monoisotopic (exact) mass is 567 g/mol. The second kappa shape index (κ2) is 12.5. The fraction of sp³-hybridized carbons (Fsp3) is 0.0400. The minimum absolute atomic E-state index is 0. The van der Waals surface area contributed by atoms with Gasteiger partial charge in [-0.1, -0.05) is 0 Å². The number of rotatable bonds is 5. The number of benzene rings is 4. The van der Waals surface area contributed by atoms with Crippen LogP contribution in [0, 0.1) is 0 Å². The molecule has 0 aromatic heterocycles. The van der Waals surface area contributed by atoms with Gasteiger partial charge in [0, 0.05) is 0 Å². The fourth-order valence-corrected chi connectivity index (χ4v) is 8.62. The second-order valence-corrected chi connectivity index (χ2v) is 10.6. The van der Waals surface area contributed by atoms with Crippen LogP contribution in [0.3, 0.4) is 0 Å². The van der Waals surface area contributed by atoms with Crippen LogP contribution < -0.4 is 49.9 Å². The first-order chi connectivity index (χ1) is 12.9. The molecule has 4 aromatic rings. The molecule has 149 valence electrons. The van der Waals surface area contributed by atoms with E-state index >= 15 is 0 Å². The van der Waals surface area contributed by atoms with Gasteiger partial charge >= 0.3 is 173 Å². The Kier molecular flexibility index (Phi) is 11.1. The molecule has 4 rings (SSSR count). The molecule has 0 heterocycles. The zero-order valence-electron chi connectivity index (χ0n) is 15.9. The van der Waals surface area contributed by atoms with Crippen molar-refractivity contribution in [1.82, 2.24) is 0 Å². The first kappa shape index (κ1) is 25.8. The summed E-state index contributed by atoms with van der Waals surface area (Å²) in [5.74, 6) is 0. The third-order valence-electron chi connectivity index (χ3n) is 5.11. The average molecular weight is 569 g/mol. The van der Waals surface area contributed by atoms with Crippen molar-refractivity contribution in [2.24, 2.45) is 0 Å². The molecule has 0 bridgehead atoms. The van der Waals surface area contributed by atoms with Crippen molar-refractivity contribution in [2.45, 2.75) is 6.16 Å². The molecular formula is C25H23Br2MnP. The molecule has 0 unspecified atom stereocenters. The van der Waals surface area contributed by atoms with E-state index in [1.54, 1.807) is 0 Å². The summed E-state index contributed by atoms with van der Waals surface area (Å²) in [6.07, 6.45) is 1.06. The zero-order valence-corrected chi connectivity index (χ0v) is 21.2. The van der Waals surface area contributed by atoms with Gasteiger partial charge in [0.15, 0.2) is 0 Å². The van der Waals surface area contributed by atoms with E-state index in [2.05, 4.69) is 121 Å². The molecule has 1 radical (unpaired) electrons. The van der Waals surface area contributed by atoms with Crippen LogP contribution in [0.2, 0.25) is 0 Å². The van der Waals surface area contributed by atoms with Gasteiger partial charge < -0.3 is 34.0 Å². The van der Waals surface area contributed by atoms with Crippen molar-refractivity contribution in [1.29, 1.82) is 0 Å². The summed E-state index contributed by atoms with van der Waals surface area (Å²) in [4.78, 5) is 0. The summed E-state index contributed by atoms with van der Waals surface area (Å²) in [6, 6.07) is 44.2. The van der Waals surface area contributed by atoms with Crippen LogP contribution in [0.4, 0.5) is 0 Å². The van der Waals surface area contributed by atoms with E-state index < -0.39 is 7.26 Å². The standard InChI is InChI=1S/C25H23P.2BrH.Mn/c1-5-13-22(14-6-1)21-26(23-15-7-2-8-16-23,24-17-9-3-10-18-24)25-19-11-4-12-20-25;;;/h1-20,26H,21H2;2*1H;/q;;;+2/p-2. The summed E-state index contributed by atoms with van der Waals surface area (Å²) in [6.45, 7) is 0. The average Bonchev–Trinajstić information content (AvgIpc) is 2.75. The molecule has 0 saturated heterocycles. The molecule has 0 nitrogen and oxygen atoms in total. The Labute approximate surface area is 206 Å². The number of hydrogen-bond acceptors (Lipinski definition) is 0. The van der Waals surface area contributed by atoms with E-state index in [1.165, 1.54) is 21.5 Å². The molecule has 0 aliphatic heterocycles. The molecule has 0 aliphatic carbocycles. The van der Waals surface area contributed by atoms with Crippen molar-refractivity contribution in [2.75, 3.05) is 0 Å². The number of hydrogen-bond donors (Lipinski definition) is 0. The predicted octanol–water partition coefficient (Wildman–Crippen LogP) is -1.08. The van der Waals surface area contributed by atoms with Crippen molar-refractivity contribution >= 4 is 23.2 Å². The molecular weight excluding hydrogens is 546 g/mol. The van der Waals surface area contributed by atoms with Gasteiger partial charge in [0.2, 0.25) is 0 Å². The van der Waals surface area contributed by atoms with Gasteiger partial charge in [-0.25, -0.2) is 0 Å². The quantitative estimate of drug-likeness (QED) is 0.212. The molecule has 0 saturated carbocycles. The van der Waals surface area contributed by atoms with Crippen LogP contribution in [-0.4, -0.2) is 0 Å². The van der Waals surface area contributed by atoms with Crippen molar-refractivity contribution < 1.29 is 51.0 Å². The number of halogens is 2. The third kappa shape index (κ3) is 5.69. The summed E-state index contributed by atoms with van der Waals surface area (Å²) < 4.78 is 0. The van der Waals surface area contributed by atoms with Crippen LogP contribution in [0.1, 0.15) is 5.56 Å². The molecule has 29 heavy (non-hydrogen) atoms. The molecule has 4 heteroatoms. The predicted molar refractivity (Wildman–Crippen MR) is 117 cm³/mol. The summed E-state index contributed by atoms with van der Waals surface area (Å²) in [5, 5.41) is 4.38. The Morgan fingerprint density at radius 2 is 0.690 bits per heavy atom. The van der Waals surface area contributed by atoms with Crippen molar-refractivity contribution in [3.63, 3.8) is 0 Å². The van der Waals surface area contributed by atoms with Gasteiger partial charge in [-0.3, -0.25) is 0 Å². The molecule has 4 aromatic carbocycles. The fourth-order valence-electron chi connectivity index (χ4n) is 3.88. The molecule has 0 amide bonds. The molecule has 0 fully saturated rings. The molecule has 0 spiro atoms. The molecule has 0 N–H and O–H groups in total. The van der Waals surface area contributed by atoms with E-state index in [0.29, 0.717) is 0 Å². The maximum absolute atomic E-state index is 2.31. The van der Waals surface area contributed by atoms with Gasteiger partial charge in [-0.05, 0) is 0 Å². The van der Waals surface area contributed by atoms with Gasteiger partial charge in [-0.15, -0.1) is 0 Å². The van der Waals surface area contributed by atoms with Crippen LogP contribution >= 0.6 is 7.26 Å². The van der Waals surface area contributed by atoms with Gasteiger partial charge in [0.05, 0.1) is 0 Å². The Hall–Kier alpha value is -1.21. The van der Waals surface area contributed by atoms with E-state index in [4.69, 9.17) is 0 Å². The zero-order chi connectivity index (χ0) is 17.7. The first-order valence-electron chi connectivity index (χ1n) is 9.10. The molecule has 0 aliphatic rings. The van der Waals surface area contributed by atoms with Crippen LogP contribution in [0.15, 0.2) is 121 Å². The third-order valence-corrected chi connectivity index (χ3v) is 10.0. The normalized spacial score (nSPS) is 10.6. The van der Waals surface area contributed by atoms with Gasteiger partial charge in [-0.2, -0.15) is 0 Å². The van der Waals surface area contributed by atoms with E-state index in [1.807, 2.05) is 0 Å². The SMILES string of the molecule is [Br-].[Br-].[Mn+2].c1ccc(C[PH](c2ccccc2)(c2ccccc2)c2ccccc2)cc1. The Morgan fingerprint density at radius 1 is 0.414 bits per heavy atom. The van der Waals surface area contributed by atoms with Gasteiger partial charge in [0.25, 0.3) is 0 Å². The van der Waals surface area contributed by atoms with Gasteiger partial charge in [0.1, 0.15) is 0 Å². The summed E-state index contributed by atoms with van der Waals surface area (Å²) in [5.41, 5.74) is 1.40. The Balaban J connectivity index is 0.00000140. The maximum atomic E-state index is 2.31. The van der Waals surface area contributed by atoms with Crippen molar-refractivity contribution in [3.05, 3.63) is 127 Å². The second-order valence-electron chi connectivity index (χ2n) is 6.67. The Bertz CT molecular complexity index is 852. The van der Waals surface area contributed by atoms with Crippen LogP contribution in [0.25, 0.3) is 0 Å². The van der Waals surface area contributed by atoms with Crippen LogP contribution in [0.5, 0.6) is 0 Å². The minimum atomic E-state index is -2.16. The first-order valence-corrected chi connectivity index (χ1v) is 11.3. The topological polar surface area (TPSA) is 0 Å².